The predicted octanol–water partition coefficient (Wildman–Crippen LogP) is 3.32. The summed E-state index contributed by atoms with van der Waals surface area (Å²) in [6.07, 6.45) is 0. The first-order valence-corrected chi connectivity index (χ1v) is 9.89. The summed E-state index contributed by atoms with van der Waals surface area (Å²) in [5.74, 6) is 1.08. The molecule has 6 nitrogen and oxygen atoms in total. The molecular formula is C23H28N2O4. The first kappa shape index (κ1) is 20.7. The number of nitrogens with one attached hydrogen (secondary N) is 2. The Bertz CT molecular complexity index is 887. The summed E-state index contributed by atoms with van der Waals surface area (Å²) in [7, 11) is 0. The summed E-state index contributed by atoms with van der Waals surface area (Å²) in [6.45, 7) is 8.93. The number of hydrogen-bond donors (Lipinski definition) is 2. The Balaban J connectivity index is 1.63. The van der Waals surface area contributed by atoms with E-state index in [4.69, 9.17) is 9.47 Å². The molecule has 1 aliphatic heterocycles. The van der Waals surface area contributed by atoms with Crippen molar-refractivity contribution in [3.8, 4) is 11.5 Å². The first-order valence-electron chi connectivity index (χ1n) is 9.89. The fourth-order valence-corrected chi connectivity index (χ4v) is 3.48. The molecule has 1 aliphatic rings. The minimum atomic E-state index is -0.257. The summed E-state index contributed by atoms with van der Waals surface area (Å²) >= 11 is 0. The van der Waals surface area contributed by atoms with Gasteiger partial charge in [0, 0.05) is 5.56 Å². The van der Waals surface area contributed by atoms with E-state index in [2.05, 4.69) is 10.6 Å². The lowest BCUT2D eigenvalue weighted by molar-refractivity contribution is -0.121. The maximum atomic E-state index is 12.5. The first-order chi connectivity index (χ1) is 13.8. The summed E-state index contributed by atoms with van der Waals surface area (Å²) in [5.41, 5.74) is 3.52. The van der Waals surface area contributed by atoms with Crippen molar-refractivity contribution in [2.24, 2.45) is 5.92 Å². The zero-order valence-electron chi connectivity index (χ0n) is 17.4. The Morgan fingerprint density at radius 2 is 1.62 bits per heavy atom. The van der Waals surface area contributed by atoms with Gasteiger partial charge < -0.3 is 20.1 Å². The lowest BCUT2D eigenvalue weighted by Gasteiger charge is -2.25. The third-order valence-electron chi connectivity index (χ3n) is 4.80. The van der Waals surface area contributed by atoms with Gasteiger partial charge >= 0.3 is 0 Å². The van der Waals surface area contributed by atoms with Gasteiger partial charge in [-0.1, -0.05) is 37.1 Å². The second kappa shape index (κ2) is 8.99. The van der Waals surface area contributed by atoms with Crippen LogP contribution in [0, 0.1) is 19.8 Å². The van der Waals surface area contributed by atoms with Crippen LogP contribution in [0.3, 0.4) is 0 Å². The van der Waals surface area contributed by atoms with Gasteiger partial charge in [-0.15, -0.1) is 0 Å². The Hall–Kier alpha value is -3.02. The van der Waals surface area contributed by atoms with Crippen molar-refractivity contribution >= 4 is 11.8 Å². The highest BCUT2D eigenvalue weighted by atomic mass is 16.6. The van der Waals surface area contributed by atoms with E-state index in [1.807, 2.05) is 64.1 Å². The largest absolute Gasteiger partial charge is 0.486 e. The number of carbonyl (C=O) groups excluding carboxylic acids is 2. The molecule has 6 heteroatoms. The number of hydrogen-bond acceptors (Lipinski definition) is 4. The number of benzene rings is 2. The quantitative estimate of drug-likeness (QED) is 0.785. The molecule has 0 saturated heterocycles. The Labute approximate surface area is 171 Å². The maximum absolute atomic E-state index is 12.5. The van der Waals surface area contributed by atoms with Gasteiger partial charge in [0.1, 0.15) is 13.2 Å². The van der Waals surface area contributed by atoms with Crippen LogP contribution in [0.25, 0.3) is 0 Å². The molecule has 1 heterocycles. The van der Waals surface area contributed by atoms with Crippen LogP contribution in [0.5, 0.6) is 11.5 Å². The molecule has 2 amide bonds. The van der Waals surface area contributed by atoms with Crippen LogP contribution < -0.4 is 20.1 Å². The average molecular weight is 396 g/mol. The molecule has 3 rings (SSSR count). The minimum Gasteiger partial charge on any atom is -0.486 e. The van der Waals surface area contributed by atoms with E-state index in [1.54, 1.807) is 0 Å². The predicted molar refractivity (Wildman–Crippen MR) is 111 cm³/mol. The number of rotatable bonds is 6. The zero-order chi connectivity index (χ0) is 21.0. The average Bonchev–Trinajstić information content (AvgIpc) is 2.69. The van der Waals surface area contributed by atoms with Gasteiger partial charge in [-0.3, -0.25) is 9.59 Å². The molecule has 0 fully saturated rings. The van der Waals surface area contributed by atoms with Crippen LogP contribution in [0.2, 0.25) is 0 Å². The number of ether oxygens (including phenoxy) is 2. The van der Waals surface area contributed by atoms with Crippen LogP contribution in [0.1, 0.15) is 46.9 Å². The molecule has 1 unspecified atom stereocenters. The van der Waals surface area contributed by atoms with Gasteiger partial charge in [0.05, 0.1) is 12.6 Å². The topological polar surface area (TPSA) is 76.7 Å². The molecule has 0 radical (unpaired) electrons. The number of amides is 2. The molecule has 0 aromatic heterocycles. The van der Waals surface area contributed by atoms with Crippen molar-refractivity contribution in [1.29, 1.82) is 0 Å². The van der Waals surface area contributed by atoms with Gasteiger partial charge in [-0.05, 0) is 49.6 Å². The van der Waals surface area contributed by atoms with E-state index < -0.39 is 0 Å². The van der Waals surface area contributed by atoms with Gasteiger partial charge in [-0.2, -0.15) is 0 Å². The van der Waals surface area contributed by atoms with E-state index in [-0.39, 0.29) is 30.3 Å². The van der Waals surface area contributed by atoms with E-state index in [1.165, 1.54) is 0 Å². The molecule has 0 saturated carbocycles. The van der Waals surface area contributed by atoms with Crippen molar-refractivity contribution in [3.05, 3.63) is 58.7 Å². The Morgan fingerprint density at radius 1 is 0.966 bits per heavy atom. The summed E-state index contributed by atoms with van der Waals surface area (Å²) in [4.78, 5) is 24.9. The standard InChI is InChI=1S/C23H28N2O4/c1-14(2)22(17-5-6-19-20(12-17)29-8-7-28-19)25-21(26)13-24-23(27)18-10-15(3)9-16(4)11-18/h5-6,9-12,14,22H,7-8,13H2,1-4H3,(H,24,27)(H,25,26). The van der Waals surface area contributed by atoms with Crippen molar-refractivity contribution in [2.75, 3.05) is 19.8 Å². The van der Waals surface area contributed by atoms with E-state index in [0.717, 1.165) is 22.4 Å². The van der Waals surface area contributed by atoms with Crippen molar-refractivity contribution in [2.45, 2.75) is 33.7 Å². The third kappa shape index (κ3) is 5.28. The molecule has 0 spiro atoms. The van der Waals surface area contributed by atoms with Crippen LogP contribution in [0.15, 0.2) is 36.4 Å². The van der Waals surface area contributed by atoms with E-state index in [0.29, 0.717) is 24.5 Å². The SMILES string of the molecule is Cc1cc(C)cc(C(=O)NCC(=O)NC(c2ccc3c(c2)OCCO3)C(C)C)c1. The molecule has 1 atom stereocenters. The molecule has 0 aliphatic carbocycles. The van der Waals surface area contributed by atoms with E-state index in [9.17, 15) is 9.59 Å². The van der Waals surface area contributed by atoms with Crippen LogP contribution in [0.4, 0.5) is 0 Å². The van der Waals surface area contributed by atoms with Gasteiger partial charge in [0.15, 0.2) is 11.5 Å². The highest BCUT2D eigenvalue weighted by Crippen LogP contribution is 2.34. The van der Waals surface area contributed by atoms with Crippen LogP contribution in [-0.2, 0) is 4.79 Å². The van der Waals surface area contributed by atoms with Gasteiger partial charge in [-0.25, -0.2) is 0 Å². The molecule has 0 bridgehead atoms. The minimum absolute atomic E-state index is 0.0837. The monoisotopic (exact) mass is 396 g/mol. The number of aryl methyl sites for hydroxylation is 2. The Morgan fingerprint density at radius 3 is 2.28 bits per heavy atom. The third-order valence-corrected chi connectivity index (χ3v) is 4.80. The van der Waals surface area contributed by atoms with E-state index >= 15 is 0 Å². The second-order valence-electron chi connectivity index (χ2n) is 7.75. The number of fused-ring (bicyclic) bond motifs is 1. The van der Waals surface area contributed by atoms with Crippen molar-refractivity contribution in [1.82, 2.24) is 10.6 Å². The lowest BCUT2D eigenvalue weighted by Crippen LogP contribution is -2.40. The molecular weight excluding hydrogens is 368 g/mol. The second-order valence-corrected chi connectivity index (χ2v) is 7.75. The molecule has 29 heavy (non-hydrogen) atoms. The van der Waals surface area contributed by atoms with Crippen LogP contribution in [-0.4, -0.2) is 31.6 Å². The Kier molecular flexibility index (Phi) is 6.42. The molecule has 2 aromatic rings. The summed E-state index contributed by atoms with van der Waals surface area (Å²) < 4.78 is 11.2. The molecule has 154 valence electrons. The normalized spacial score (nSPS) is 13.7. The summed E-state index contributed by atoms with van der Waals surface area (Å²) in [6, 6.07) is 11.1. The fraction of sp³-hybridized carbons (Fsp3) is 0.391. The maximum Gasteiger partial charge on any atom is 0.251 e. The summed E-state index contributed by atoms with van der Waals surface area (Å²) in [5, 5.41) is 5.72. The zero-order valence-corrected chi connectivity index (χ0v) is 17.4. The number of carbonyl (C=O) groups is 2. The lowest BCUT2D eigenvalue weighted by atomic mass is 9.95. The molecule has 2 N–H and O–H groups in total. The highest BCUT2D eigenvalue weighted by molar-refractivity contribution is 5.96. The van der Waals surface area contributed by atoms with Crippen LogP contribution >= 0.6 is 0 Å². The van der Waals surface area contributed by atoms with Crippen molar-refractivity contribution < 1.29 is 19.1 Å². The van der Waals surface area contributed by atoms with Crippen molar-refractivity contribution in [3.63, 3.8) is 0 Å². The van der Waals surface area contributed by atoms with Gasteiger partial charge in [0.25, 0.3) is 5.91 Å². The highest BCUT2D eigenvalue weighted by Gasteiger charge is 2.21. The fourth-order valence-electron chi connectivity index (χ4n) is 3.48. The smallest absolute Gasteiger partial charge is 0.251 e. The van der Waals surface area contributed by atoms with Gasteiger partial charge in [0.2, 0.25) is 5.91 Å². The molecule has 2 aromatic carbocycles.